The minimum absolute atomic E-state index is 0.00406. The van der Waals surface area contributed by atoms with Gasteiger partial charge in [-0.3, -0.25) is 4.79 Å². The molecule has 5 heteroatoms. The maximum atomic E-state index is 11.9. The molecule has 0 fully saturated rings. The molecule has 1 aliphatic rings. The summed E-state index contributed by atoms with van der Waals surface area (Å²) in [7, 11) is 0. The summed E-state index contributed by atoms with van der Waals surface area (Å²) < 4.78 is 11.2. The topological polar surface area (TPSA) is 47.6 Å². The van der Waals surface area contributed by atoms with E-state index in [1.54, 1.807) is 24.3 Å². The number of amides is 1. The van der Waals surface area contributed by atoms with Crippen molar-refractivity contribution in [2.24, 2.45) is 0 Å². The van der Waals surface area contributed by atoms with Crippen molar-refractivity contribution in [3.63, 3.8) is 0 Å². The van der Waals surface area contributed by atoms with Crippen LogP contribution in [-0.2, 0) is 22.6 Å². The lowest BCUT2D eigenvalue weighted by atomic mass is 9.99. The summed E-state index contributed by atoms with van der Waals surface area (Å²) in [5, 5.41) is 3.49. The van der Waals surface area contributed by atoms with E-state index >= 15 is 0 Å². The predicted molar refractivity (Wildman–Crippen MR) is 88.7 cm³/mol. The molecular formula is C18H18ClNO3. The van der Waals surface area contributed by atoms with Crippen LogP contribution in [0.3, 0.4) is 0 Å². The molecule has 0 saturated heterocycles. The Morgan fingerprint density at radius 1 is 1.17 bits per heavy atom. The van der Waals surface area contributed by atoms with E-state index in [1.165, 1.54) is 11.1 Å². The Balaban J connectivity index is 1.42. The summed E-state index contributed by atoms with van der Waals surface area (Å²) in [6, 6.07) is 15.1. The second-order valence-corrected chi connectivity index (χ2v) is 5.89. The van der Waals surface area contributed by atoms with E-state index in [0.717, 1.165) is 6.42 Å². The number of carbonyl (C=O) groups excluding carboxylic acids is 1. The zero-order valence-corrected chi connectivity index (χ0v) is 13.4. The van der Waals surface area contributed by atoms with Crippen LogP contribution in [0.15, 0.2) is 48.5 Å². The van der Waals surface area contributed by atoms with Crippen LogP contribution >= 0.6 is 11.6 Å². The fourth-order valence-corrected chi connectivity index (χ4v) is 2.62. The van der Waals surface area contributed by atoms with Gasteiger partial charge in [0, 0.05) is 18.0 Å². The molecular weight excluding hydrogens is 314 g/mol. The first-order chi connectivity index (χ1) is 11.2. The average molecular weight is 332 g/mol. The van der Waals surface area contributed by atoms with Gasteiger partial charge in [-0.2, -0.15) is 0 Å². The molecule has 0 radical (unpaired) electrons. The highest BCUT2D eigenvalue weighted by molar-refractivity contribution is 6.30. The lowest BCUT2D eigenvalue weighted by Gasteiger charge is -2.25. The number of carbonyl (C=O) groups is 1. The van der Waals surface area contributed by atoms with Crippen LogP contribution in [0.25, 0.3) is 0 Å². The highest BCUT2D eigenvalue weighted by Gasteiger charge is 2.19. The second-order valence-electron chi connectivity index (χ2n) is 5.45. The van der Waals surface area contributed by atoms with Gasteiger partial charge in [0.2, 0.25) is 0 Å². The quantitative estimate of drug-likeness (QED) is 0.916. The van der Waals surface area contributed by atoms with Crippen LogP contribution in [0.2, 0.25) is 5.02 Å². The zero-order chi connectivity index (χ0) is 16.1. The largest absolute Gasteiger partial charge is 0.484 e. The lowest BCUT2D eigenvalue weighted by Crippen LogP contribution is -2.38. The molecule has 2 aromatic carbocycles. The van der Waals surface area contributed by atoms with Crippen molar-refractivity contribution < 1.29 is 14.3 Å². The third-order valence-corrected chi connectivity index (χ3v) is 4.00. The number of rotatable bonds is 5. The van der Waals surface area contributed by atoms with Gasteiger partial charge in [0.05, 0.1) is 12.7 Å². The number of benzene rings is 2. The molecule has 0 aromatic heterocycles. The maximum absolute atomic E-state index is 11.9. The summed E-state index contributed by atoms with van der Waals surface area (Å²) >= 11 is 5.80. The van der Waals surface area contributed by atoms with Gasteiger partial charge in [-0.15, -0.1) is 0 Å². The van der Waals surface area contributed by atoms with Gasteiger partial charge in [-0.05, 0) is 35.4 Å². The molecule has 0 aliphatic carbocycles. The minimum atomic E-state index is -0.164. The molecule has 1 heterocycles. The van der Waals surface area contributed by atoms with Gasteiger partial charge in [0.1, 0.15) is 5.75 Å². The Morgan fingerprint density at radius 2 is 1.91 bits per heavy atom. The van der Waals surface area contributed by atoms with Crippen molar-refractivity contribution >= 4 is 17.5 Å². The van der Waals surface area contributed by atoms with Crippen molar-refractivity contribution in [2.45, 2.75) is 19.1 Å². The predicted octanol–water partition coefficient (Wildman–Crippen LogP) is 2.98. The van der Waals surface area contributed by atoms with Crippen LogP contribution in [-0.4, -0.2) is 25.2 Å². The summed E-state index contributed by atoms with van der Waals surface area (Å²) in [6.07, 6.45) is 0.818. The molecule has 0 spiro atoms. The summed E-state index contributed by atoms with van der Waals surface area (Å²) in [5.41, 5.74) is 2.51. The standard InChI is InChI=1S/C18H18ClNO3/c19-15-5-7-16(8-6-15)23-12-18(21)20-10-17-9-13-3-1-2-4-14(13)11-22-17/h1-8,17H,9-12H2,(H,20,21). The number of nitrogens with one attached hydrogen (secondary N) is 1. The summed E-state index contributed by atoms with van der Waals surface area (Å²) in [5.74, 6) is 0.454. The first-order valence-corrected chi connectivity index (χ1v) is 7.92. The smallest absolute Gasteiger partial charge is 0.258 e. The number of hydrogen-bond acceptors (Lipinski definition) is 3. The first kappa shape index (κ1) is 15.8. The van der Waals surface area contributed by atoms with Gasteiger partial charge in [-0.25, -0.2) is 0 Å². The second kappa shape index (κ2) is 7.49. The fourth-order valence-electron chi connectivity index (χ4n) is 2.50. The van der Waals surface area contributed by atoms with Crippen molar-refractivity contribution in [3.05, 3.63) is 64.7 Å². The third kappa shape index (κ3) is 4.47. The number of halogens is 1. The number of ether oxygens (including phenoxy) is 2. The SMILES string of the molecule is O=C(COc1ccc(Cl)cc1)NCC1Cc2ccccc2CO1. The molecule has 4 nitrogen and oxygen atoms in total. The highest BCUT2D eigenvalue weighted by Crippen LogP contribution is 2.20. The molecule has 1 aliphatic heterocycles. The van der Waals surface area contributed by atoms with Gasteiger partial charge < -0.3 is 14.8 Å². The van der Waals surface area contributed by atoms with E-state index in [0.29, 0.717) is 23.9 Å². The molecule has 120 valence electrons. The van der Waals surface area contributed by atoms with E-state index in [4.69, 9.17) is 21.1 Å². The van der Waals surface area contributed by atoms with Crippen LogP contribution in [0.5, 0.6) is 5.75 Å². The van der Waals surface area contributed by atoms with Gasteiger partial charge in [-0.1, -0.05) is 35.9 Å². The van der Waals surface area contributed by atoms with E-state index in [-0.39, 0.29) is 18.6 Å². The van der Waals surface area contributed by atoms with Gasteiger partial charge in [0.25, 0.3) is 5.91 Å². The van der Waals surface area contributed by atoms with Crippen LogP contribution in [0, 0.1) is 0 Å². The molecule has 23 heavy (non-hydrogen) atoms. The zero-order valence-electron chi connectivity index (χ0n) is 12.6. The first-order valence-electron chi connectivity index (χ1n) is 7.54. The van der Waals surface area contributed by atoms with Crippen molar-refractivity contribution in [1.82, 2.24) is 5.32 Å². The molecule has 0 saturated carbocycles. The molecule has 0 bridgehead atoms. The van der Waals surface area contributed by atoms with Crippen LogP contribution < -0.4 is 10.1 Å². The Kier molecular flexibility index (Phi) is 5.16. The minimum Gasteiger partial charge on any atom is -0.484 e. The van der Waals surface area contributed by atoms with E-state index in [2.05, 4.69) is 17.4 Å². The number of fused-ring (bicyclic) bond motifs is 1. The normalized spacial score (nSPS) is 16.5. The summed E-state index contributed by atoms with van der Waals surface area (Å²) in [6.45, 7) is 1.06. The van der Waals surface area contributed by atoms with Crippen LogP contribution in [0.1, 0.15) is 11.1 Å². The highest BCUT2D eigenvalue weighted by atomic mass is 35.5. The lowest BCUT2D eigenvalue weighted by molar-refractivity contribution is -0.123. The molecule has 1 N–H and O–H groups in total. The summed E-state index contributed by atoms with van der Waals surface area (Å²) in [4.78, 5) is 11.9. The molecule has 3 rings (SSSR count). The Morgan fingerprint density at radius 3 is 2.70 bits per heavy atom. The van der Waals surface area contributed by atoms with Crippen molar-refractivity contribution in [2.75, 3.05) is 13.2 Å². The Bertz CT molecular complexity index is 672. The van der Waals surface area contributed by atoms with Crippen molar-refractivity contribution in [1.29, 1.82) is 0 Å². The van der Waals surface area contributed by atoms with E-state index in [9.17, 15) is 4.79 Å². The molecule has 1 atom stereocenters. The molecule has 1 unspecified atom stereocenters. The molecule has 2 aromatic rings. The van der Waals surface area contributed by atoms with Crippen molar-refractivity contribution in [3.8, 4) is 5.75 Å². The third-order valence-electron chi connectivity index (χ3n) is 3.75. The monoisotopic (exact) mass is 331 g/mol. The maximum Gasteiger partial charge on any atom is 0.258 e. The van der Waals surface area contributed by atoms with E-state index < -0.39 is 0 Å². The average Bonchev–Trinajstić information content (AvgIpc) is 2.59. The Hall–Kier alpha value is -2.04. The van der Waals surface area contributed by atoms with E-state index in [1.807, 2.05) is 12.1 Å². The fraction of sp³-hybridized carbons (Fsp3) is 0.278. The van der Waals surface area contributed by atoms with Crippen LogP contribution in [0.4, 0.5) is 0 Å². The van der Waals surface area contributed by atoms with Gasteiger partial charge in [0.15, 0.2) is 6.61 Å². The molecule has 1 amide bonds. The Labute approximate surface area is 140 Å². The van der Waals surface area contributed by atoms with Gasteiger partial charge >= 0.3 is 0 Å². The number of hydrogen-bond donors (Lipinski definition) is 1.